The molecule has 1 fully saturated rings. The van der Waals surface area contributed by atoms with Gasteiger partial charge >= 0.3 is 0 Å². The van der Waals surface area contributed by atoms with Gasteiger partial charge in [0.1, 0.15) is 0 Å². The molecular weight excluding hydrogens is 388 g/mol. The summed E-state index contributed by atoms with van der Waals surface area (Å²) in [5.41, 5.74) is 4.78. The molecule has 0 aromatic heterocycles. The minimum Gasteiger partial charge on any atom is -0.339 e. The number of hydrogen-bond donors (Lipinski definition) is 1. The van der Waals surface area contributed by atoms with Crippen molar-refractivity contribution in [3.8, 4) is 0 Å². The summed E-state index contributed by atoms with van der Waals surface area (Å²) in [6, 6.07) is 16.4. The van der Waals surface area contributed by atoms with Gasteiger partial charge in [-0.1, -0.05) is 49.4 Å². The van der Waals surface area contributed by atoms with Gasteiger partial charge in [0.25, 0.3) is 0 Å². The summed E-state index contributed by atoms with van der Waals surface area (Å²) in [4.78, 5) is 31.6. The molecule has 0 atom stereocenters. The van der Waals surface area contributed by atoms with Gasteiger partial charge in [-0.25, -0.2) is 0 Å². The first-order valence-corrected chi connectivity index (χ1v) is 11.3. The van der Waals surface area contributed by atoms with Crippen molar-refractivity contribution in [2.45, 2.75) is 26.3 Å². The van der Waals surface area contributed by atoms with Crippen LogP contribution in [-0.4, -0.2) is 72.3 Å². The summed E-state index contributed by atoms with van der Waals surface area (Å²) in [5, 5.41) is 3.04. The molecule has 1 N–H and O–H groups in total. The van der Waals surface area contributed by atoms with Crippen LogP contribution in [0.1, 0.15) is 23.6 Å². The molecule has 2 aromatic carbocycles. The second-order valence-electron chi connectivity index (χ2n) is 8.45. The van der Waals surface area contributed by atoms with E-state index in [0.717, 1.165) is 50.3 Å². The number of benzene rings is 2. The molecule has 2 aliphatic rings. The van der Waals surface area contributed by atoms with E-state index < -0.39 is 0 Å². The molecule has 4 rings (SSSR count). The number of carbonyl (C=O) groups excluding carboxylic acids is 2. The quantitative estimate of drug-likeness (QED) is 0.780. The van der Waals surface area contributed by atoms with E-state index in [-0.39, 0.29) is 11.8 Å². The largest absolute Gasteiger partial charge is 0.339 e. The lowest BCUT2D eigenvalue weighted by Gasteiger charge is -2.36. The first-order chi connectivity index (χ1) is 15.1. The Morgan fingerprint density at radius 1 is 0.839 bits per heavy atom. The monoisotopic (exact) mass is 420 g/mol. The van der Waals surface area contributed by atoms with Crippen LogP contribution in [-0.2, 0) is 29.0 Å². The number of anilines is 1. The average Bonchev–Trinajstić information content (AvgIpc) is 2.79. The Bertz CT molecular complexity index is 921. The van der Waals surface area contributed by atoms with E-state index in [1.54, 1.807) is 0 Å². The highest BCUT2D eigenvalue weighted by molar-refractivity contribution is 5.93. The zero-order valence-corrected chi connectivity index (χ0v) is 18.3. The maximum Gasteiger partial charge on any atom is 0.238 e. The van der Waals surface area contributed by atoms with Gasteiger partial charge in [0, 0.05) is 45.0 Å². The minimum atomic E-state index is 0.00709. The highest BCUT2D eigenvalue weighted by atomic mass is 16.2. The third kappa shape index (κ3) is 5.51. The Kier molecular flexibility index (Phi) is 6.99. The van der Waals surface area contributed by atoms with Gasteiger partial charge in [-0.15, -0.1) is 0 Å². The van der Waals surface area contributed by atoms with E-state index in [0.29, 0.717) is 26.2 Å². The van der Waals surface area contributed by atoms with Crippen molar-refractivity contribution in [3.05, 3.63) is 65.2 Å². The first kappa shape index (κ1) is 21.5. The van der Waals surface area contributed by atoms with Crippen LogP contribution in [0.4, 0.5) is 5.69 Å². The van der Waals surface area contributed by atoms with E-state index in [1.165, 1.54) is 11.1 Å². The average molecular weight is 421 g/mol. The van der Waals surface area contributed by atoms with Gasteiger partial charge < -0.3 is 10.2 Å². The van der Waals surface area contributed by atoms with Gasteiger partial charge in [-0.3, -0.25) is 19.4 Å². The number of carbonyl (C=O) groups is 2. The molecule has 0 saturated carbocycles. The Morgan fingerprint density at radius 2 is 1.55 bits per heavy atom. The Morgan fingerprint density at radius 3 is 2.32 bits per heavy atom. The van der Waals surface area contributed by atoms with E-state index in [2.05, 4.69) is 46.3 Å². The van der Waals surface area contributed by atoms with Crippen molar-refractivity contribution in [1.82, 2.24) is 14.7 Å². The third-order valence-corrected chi connectivity index (χ3v) is 6.33. The van der Waals surface area contributed by atoms with Crippen molar-refractivity contribution >= 4 is 17.5 Å². The predicted molar refractivity (Wildman–Crippen MR) is 123 cm³/mol. The lowest BCUT2D eigenvalue weighted by atomic mass is 10.00. The SMILES string of the molecule is CCc1ccccc1NC(=O)CN1CCN(C(=O)CN2CCc3ccccc3C2)CC1. The van der Waals surface area contributed by atoms with Crippen molar-refractivity contribution in [3.63, 3.8) is 0 Å². The highest BCUT2D eigenvalue weighted by Gasteiger charge is 2.25. The fraction of sp³-hybridized carbons (Fsp3) is 0.440. The number of amides is 2. The van der Waals surface area contributed by atoms with Gasteiger partial charge in [0.05, 0.1) is 13.1 Å². The fourth-order valence-corrected chi connectivity index (χ4v) is 4.48. The second-order valence-corrected chi connectivity index (χ2v) is 8.45. The molecule has 0 radical (unpaired) electrons. The number of para-hydroxylation sites is 1. The van der Waals surface area contributed by atoms with E-state index in [1.807, 2.05) is 29.2 Å². The number of aryl methyl sites for hydroxylation is 1. The lowest BCUT2D eigenvalue weighted by molar-refractivity contribution is -0.134. The van der Waals surface area contributed by atoms with Gasteiger partial charge in [-0.05, 0) is 35.6 Å². The van der Waals surface area contributed by atoms with Crippen LogP contribution >= 0.6 is 0 Å². The van der Waals surface area contributed by atoms with Gasteiger partial charge in [-0.2, -0.15) is 0 Å². The molecule has 0 spiro atoms. The Labute approximate surface area is 184 Å². The molecule has 2 heterocycles. The molecule has 1 saturated heterocycles. The summed E-state index contributed by atoms with van der Waals surface area (Å²) in [6.45, 7) is 7.54. The minimum absolute atomic E-state index is 0.00709. The first-order valence-electron chi connectivity index (χ1n) is 11.3. The van der Waals surface area contributed by atoms with Gasteiger partial charge in [0.15, 0.2) is 0 Å². The van der Waals surface area contributed by atoms with Crippen LogP contribution in [0.25, 0.3) is 0 Å². The second kappa shape index (κ2) is 10.1. The number of hydrogen-bond acceptors (Lipinski definition) is 4. The molecule has 164 valence electrons. The smallest absolute Gasteiger partial charge is 0.238 e. The van der Waals surface area contributed by atoms with Crippen molar-refractivity contribution in [2.24, 2.45) is 0 Å². The molecule has 0 bridgehead atoms. The molecule has 31 heavy (non-hydrogen) atoms. The van der Waals surface area contributed by atoms with Gasteiger partial charge in [0.2, 0.25) is 11.8 Å². The normalized spacial score (nSPS) is 17.3. The maximum atomic E-state index is 12.8. The topological polar surface area (TPSA) is 55.9 Å². The van der Waals surface area contributed by atoms with Crippen LogP contribution in [0.3, 0.4) is 0 Å². The summed E-state index contributed by atoms with van der Waals surface area (Å²) in [6.07, 6.45) is 1.90. The van der Waals surface area contributed by atoms with Crippen LogP contribution in [0, 0.1) is 0 Å². The summed E-state index contributed by atoms with van der Waals surface area (Å²) in [7, 11) is 0. The fourth-order valence-electron chi connectivity index (χ4n) is 4.48. The number of rotatable bonds is 6. The third-order valence-electron chi connectivity index (χ3n) is 6.33. The zero-order chi connectivity index (χ0) is 21.6. The Hall–Kier alpha value is -2.70. The maximum absolute atomic E-state index is 12.8. The van der Waals surface area contributed by atoms with Crippen LogP contribution in [0.15, 0.2) is 48.5 Å². The summed E-state index contributed by atoms with van der Waals surface area (Å²) < 4.78 is 0. The molecule has 2 amide bonds. The molecule has 2 aromatic rings. The number of nitrogens with zero attached hydrogens (tertiary/aromatic N) is 3. The van der Waals surface area contributed by atoms with E-state index >= 15 is 0 Å². The molecule has 6 nitrogen and oxygen atoms in total. The van der Waals surface area contributed by atoms with E-state index in [4.69, 9.17) is 0 Å². The summed E-state index contributed by atoms with van der Waals surface area (Å²) >= 11 is 0. The zero-order valence-electron chi connectivity index (χ0n) is 18.3. The number of nitrogens with one attached hydrogen (secondary N) is 1. The van der Waals surface area contributed by atoms with Crippen LogP contribution < -0.4 is 5.32 Å². The van der Waals surface area contributed by atoms with Crippen molar-refractivity contribution in [2.75, 3.05) is 51.1 Å². The lowest BCUT2D eigenvalue weighted by Crippen LogP contribution is -2.52. The molecule has 0 unspecified atom stereocenters. The summed E-state index contributed by atoms with van der Waals surface area (Å²) in [5.74, 6) is 0.202. The number of fused-ring (bicyclic) bond motifs is 1. The van der Waals surface area contributed by atoms with Crippen molar-refractivity contribution < 1.29 is 9.59 Å². The van der Waals surface area contributed by atoms with Crippen LogP contribution in [0.5, 0.6) is 0 Å². The molecule has 0 aliphatic carbocycles. The van der Waals surface area contributed by atoms with Crippen LogP contribution in [0.2, 0.25) is 0 Å². The number of piperazine rings is 1. The molecule has 6 heteroatoms. The van der Waals surface area contributed by atoms with Crippen molar-refractivity contribution in [1.29, 1.82) is 0 Å². The Balaban J connectivity index is 1.21. The van der Waals surface area contributed by atoms with E-state index in [9.17, 15) is 9.59 Å². The molecular formula is C25H32N4O2. The standard InChI is InChI=1S/C25H32N4O2/c1-2-20-7-5-6-10-23(20)26-24(30)18-27-13-15-29(16-14-27)25(31)19-28-12-11-21-8-3-4-9-22(21)17-28/h3-10H,2,11-19H2,1H3,(H,26,30). The molecule has 2 aliphatic heterocycles. The predicted octanol–water partition coefficient (Wildman–Crippen LogP) is 2.39. The highest BCUT2D eigenvalue weighted by Crippen LogP contribution is 2.19.